The number of carbonyl (C=O) groups is 5. The number of esters is 1. The van der Waals surface area contributed by atoms with E-state index in [0.717, 1.165) is 91.7 Å². The number of halogens is 1. The molecule has 0 saturated heterocycles. The Labute approximate surface area is 519 Å². The van der Waals surface area contributed by atoms with Crippen molar-refractivity contribution >= 4 is 64.3 Å². The summed E-state index contributed by atoms with van der Waals surface area (Å²) in [6.45, 7) is 9.66. The Kier molecular flexibility index (Phi) is 16.9. The van der Waals surface area contributed by atoms with Crippen molar-refractivity contribution in [1.29, 1.82) is 0 Å². The topological polar surface area (TPSA) is 209 Å². The highest BCUT2D eigenvalue weighted by Crippen LogP contribution is 2.70. The fourth-order valence-electron chi connectivity index (χ4n) is 19.1. The largest absolute Gasteiger partial charge is 0.449 e. The van der Waals surface area contributed by atoms with Crippen molar-refractivity contribution in [3.63, 3.8) is 0 Å². The molecule has 2 aromatic carbocycles. The molecule has 18 heteroatoms. The molecule has 0 bridgehead atoms. The Morgan fingerprint density at radius 3 is 1.64 bits per heavy atom. The number of alkyl halides is 1. The van der Waals surface area contributed by atoms with Crippen LogP contribution in [0.1, 0.15) is 174 Å². The van der Waals surface area contributed by atoms with Gasteiger partial charge in [-0.1, -0.05) is 63.1 Å². The van der Waals surface area contributed by atoms with Gasteiger partial charge in [-0.15, -0.1) is 12.6 Å². The van der Waals surface area contributed by atoms with E-state index in [1.165, 1.54) is 11.1 Å². The van der Waals surface area contributed by atoms with E-state index in [1.807, 2.05) is 84.1 Å². The van der Waals surface area contributed by atoms with E-state index >= 15 is 0 Å². The van der Waals surface area contributed by atoms with Crippen LogP contribution in [-0.2, 0) is 41.4 Å². The minimum atomic E-state index is -1.48. The van der Waals surface area contributed by atoms with Crippen molar-refractivity contribution in [3.05, 3.63) is 106 Å². The lowest BCUT2D eigenvalue weighted by atomic mass is 9.45. The van der Waals surface area contributed by atoms with Crippen LogP contribution in [0.3, 0.4) is 0 Å². The Morgan fingerprint density at radius 1 is 0.690 bits per heavy atom. The first kappa shape index (κ1) is 62.1. The van der Waals surface area contributed by atoms with Gasteiger partial charge in [-0.2, -0.15) is 10.2 Å². The van der Waals surface area contributed by atoms with Gasteiger partial charge in [0.2, 0.25) is 10.2 Å². The lowest BCUT2D eigenvalue weighted by Gasteiger charge is -2.60. The smallest absolute Gasteiger partial charge is 0.309 e. The maximum Gasteiger partial charge on any atom is 0.309 e. The second-order valence-electron chi connectivity index (χ2n) is 28.0. The number of aromatic nitrogens is 4. The quantitative estimate of drug-likeness (QED) is 0.0336. The zero-order valence-electron chi connectivity index (χ0n) is 51.1. The molecule has 14 atom stereocenters. The number of aliphatic hydroxyl groups excluding tert-OH is 2. The SMILES string of the molecule is COCCCC(=O)c1cccc(-n2ncc3c2C=C2CC[C@@H]4[C@H]([C@@H](O)C[C@@]5(C)[C@H]4CC[C@]5(O)C(=O)S)[C@@]2(C)C3)c1.COCCCC(=O)c1cccc(-n2ncc3c2C=C2CC[C@@H]4[C@H]([C@@H](O)C[C@@]5(C)[C@H]4CC[C@]5(OC(=O)C4CC4)C(=O)SCF)[C@@]2(C)C3)c1. The summed E-state index contributed by atoms with van der Waals surface area (Å²) in [6, 6.07) is 14.4. The lowest BCUT2D eigenvalue weighted by molar-refractivity contribution is -0.197. The van der Waals surface area contributed by atoms with E-state index in [9.17, 15) is 43.7 Å². The summed E-state index contributed by atoms with van der Waals surface area (Å²) in [4.78, 5) is 64.7. The van der Waals surface area contributed by atoms with Gasteiger partial charge in [0, 0.05) is 62.2 Å². The molecule has 13 rings (SSSR count). The van der Waals surface area contributed by atoms with Gasteiger partial charge in [0.1, 0.15) is 11.6 Å². The molecule has 0 amide bonds. The van der Waals surface area contributed by atoms with Crippen molar-refractivity contribution in [1.82, 2.24) is 19.6 Å². The molecular formula is C69H85FN4O11S2. The number of ether oxygens (including phenoxy) is 3. The second-order valence-corrected chi connectivity index (χ2v) is 29.2. The fourth-order valence-corrected chi connectivity index (χ4v) is 20.2. The van der Waals surface area contributed by atoms with E-state index in [1.54, 1.807) is 14.2 Å². The average Bonchev–Trinajstić information content (AvgIpc) is 1.66. The van der Waals surface area contributed by atoms with E-state index in [0.29, 0.717) is 93.9 Å². The van der Waals surface area contributed by atoms with Gasteiger partial charge in [-0.3, -0.25) is 24.0 Å². The number of fused-ring (bicyclic) bond motifs is 12. The number of aliphatic hydroxyl groups is 3. The highest BCUT2D eigenvalue weighted by atomic mass is 32.2. The maximum absolute atomic E-state index is 13.7. The monoisotopic (exact) mass is 1230 g/mol. The lowest BCUT2D eigenvalue weighted by Crippen LogP contribution is -2.62. The molecule has 9 aliphatic rings. The van der Waals surface area contributed by atoms with Crippen molar-refractivity contribution in [3.8, 4) is 11.4 Å². The molecule has 2 aromatic heterocycles. The third kappa shape index (κ3) is 10.2. The zero-order valence-corrected chi connectivity index (χ0v) is 52.8. The van der Waals surface area contributed by atoms with Crippen LogP contribution < -0.4 is 0 Å². The first-order chi connectivity index (χ1) is 41.6. The Balaban J connectivity index is 0.000000172. The molecule has 3 N–H and O–H groups in total. The molecular weight excluding hydrogens is 1140 g/mol. The van der Waals surface area contributed by atoms with Crippen LogP contribution in [-0.4, -0.2) is 119 Å². The van der Waals surface area contributed by atoms with Crippen LogP contribution in [0.15, 0.2) is 72.1 Å². The van der Waals surface area contributed by atoms with Gasteiger partial charge in [-0.05, 0) is 208 Å². The summed E-state index contributed by atoms with van der Waals surface area (Å²) in [7, 11) is 3.28. The molecule has 2 heterocycles. The Hall–Kier alpha value is -5.08. The van der Waals surface area contributed by atoms with Crippen LogP contribution in [0.2, 0.25) is 0 Å². The van der Waals surface area contributed by atoms with Gasteiger partial charge in [0.25, 0.3) is 0 Å². The summed E-state index contributed by atoms with van der Waals surface area (Å²) < 4.78 is 33.8. The standard InChI is InChI=1S/C37H45FN2O6S.C32H40N2O5S/c1-35-18-24-20-39-40(26-7-4-6-23(16-26)30(41)8-5-15-45-3)29(24)17-25(35)11-12-27-28-13-14-37(34(44)47-21-38,46-33(43)22-9-10-22)36(28,2)19-31(42)32(27)35;1-30-16-20-18-33-34(22-7-4-6-19(14-22)26(35)8-5-13-39-3)25(20)15-21(30)9-10-23-24-11-12-32(38,29(37)40)31(24,2)17-27(36)28(23)30/h4,6-7,16-17,20,22,27-28,31-32,42H,5,8-15,18-19,21H2,1-3H3;4,6-7,14-15,18,23-24,27-28,36,38H,5,8-13,16-17H2,1-3H3,(H,37,40)/t27-,28-,31-,32+,35-,36-,37-;23-,24-,27-,28+,30-,31-,32-/m00/s1. The van der Waals surface area contributed by atoms with E-state index in [2.05, 4.69) is 38.6 Å². The summed E-state index contributed by atoms with van der Waals surface area (Å²) in [5.74, 6) is 0.264. The molecule has 15 nitrogen and oxygen atoms in total. The number of carbonyl (C=O) groups excluding carboxylic acids is 5. The number of methoxy groups -OCH3 is 2. The minimum absolute atomic E-state index is 0.0380. The van der Waals surface area contributed by atoms with Crippen molar-refractivity contribution in [2.75, 3.05) is 33.4 Å². The predicted molar refractivity (Wildman–Crippen MR) is 332 cm³/mol. The van der Waals surface area contributed by atoms with Crippen LogP contribution in [0, 0.1) is 63.1 Å². The minimum Gasteiger partial charge on any atom is -0.449 e. The molecule has 0 unspecified atom stereocenters. The summed E-state index contributed by atoms with van der Waals surface area (Å²) in [6.07, 6.45) is 18.8. The van der Waals surface area contributed by atoms with E-state index in [-0.39, 0.29) is 69.8 Å². The van der Waals surface area contributed by atoms with Gasteiger partial charge >= 0.3 is 5.97 Å². The highest BCUT2D eigenvalue weighted by Gasteiger charge is 2.72. The number of rotatable bonds is 17. The number of hydrogen-bond donors (Lipinski definition) is 4. The Bertz CT molecular complexity index is 3450. The third-order valence-electron chi connectivity index (χ3n) is 23.5. The first-order valence-corrected chi connectivity index (χ1v) is 33.1. The normalized spacial score (nSPS) is 35.0. The molecule has 0 aliphatic heterocycles. The first-order valence-electron chi connectivity index (χ1n) is 31.7. The third-order valence-corrected chi connectivity index (χ3v) is 24.6. The van der Waals surface area contributed by atoms with E-state index in [4.69, 9.17) is 24.4 Å². The molecule has 7 saturated carbocycles. The number of ketones is 2. The predicted octanol–water partition coefficient (Wildman–Crippen LogP) is 11.3. The number of benzene rings is 2. The summed E-state index contributed by atoms with van der Waals surface area (Å²) in [5.41, 5.74) is 5.07. The molecule has 9 aliphatic carbocycles. The fraction of sp³-hybridized carbons (Fsp3) is 0.609. The Morgan fingerprint density at radius 2 is 1.17 bits per heavy atom. The molecule has 466 valence electrons. The number of thioether (sulfide) groups is 1. The number of nitrogens with zero attached hydrogens (tertiary/aromatic N) is 4. The van der Waals surface area contributed by atoms with Gasteiger partial charge in [0.05, 0.1) is 53.3 Å². The number of hydrogen-bond acceptors (Lipinski definition) is 14. The van der Waals surface area contributed by atoms with Crippen molar-refractivity contribution in [2.45, 2.75) is 167 Å². The molecule has 7 fully saturated rings. The highest BCUT2D eigenvalue weighted by molar-refractivity contribution is 8.13. The maximum atomic E-state index is 13.7. The van der Waals surface area contributed by atoms with Gasteiger partial charge < -0.3 is 29.5 Å². The molecule has 0 spiro atoms. The summed E-state index contributed by atoms with van der Waals surface area (Å²) in [5, 5.41) is 43.8. The van der Waals surface area contributed by atoms with Crippen LogP contribution in [0.5, 0.6) is 0 Å². The zero-order chi connectivity index (χ0) is 61.6. The number of allylic oxidation sites excluding steroid dienone is 2. The van der Waals surface area contributed by atoms with Gasteiger partial charge in [-0.25, -0.2) is 13.8 Å². The van der Waals surface area contributed by atoms with Crippen molar-refractivity contribution < 1.29 is 57.9 Å². The van der Waals surface area contributed by atoms with Gasteiger partial charge in [0.15, 0.2) is 17.2 Å². The number of Topliss-reactive ketones (excluding diaryl/α,β-unsaturated/α-hetero) is 2. The average molecular weight is 1230 g/mol. The second kappa shape index (κ2) is 23.6. The van der Waals surface area contributed by atoms with Crippen LogP contribution in [0.4, 0.5) is 4.39 Å². The van der Waals surface area contributed by atoms with Crippen molar-refractivity contribution in [2.24, 2.45) is 63.1 Å². The molecule has 0 radical (unpaired) electrons. The van der Waals surface area contributed by atoms with E-state index < -0.39 is 50.5 Å². The summed E-state index contributed by atoms with van der Waals surface area (Å²) >= 11 is 4.67. The van der Waals surface area contributed by atoms with Crippen LogP contribution >= 0.6 is 24.4 Å². The number of thiol groups is 1. The molecule has 4 aromatic rings. The molecule has 87 heavy (non-hydrogen) atoms. The van der Waals surface area contributed by atoms with Crippen LogP contribution in [0.25, 0.3) is 23.5 Å².